The third kappa shape index (κ3) is 2.79. The monoisotopic (exact) mass is 209 g/mol. The normalized spacial score (nSPS) is 20.4. The molecule has 1 aliphatic rings. The van der Waals surface area contributed by atoms with Gasteiger partial charge >= 0.3 is 0 Å². The van der Waals surface area contributed by atoms with Crippen molar-refractivity contribution in [1.82, 2.24) is 15.8 Å². The molecule has 1 saturated heterocycles. The third-order valence-corrected chi connectivity index (χ3v) is 2.66. The predicted molar refractivity (Wildman–Crippen MR) is 54.4 cm³/mol. The van der Waals surface area contributed by atoms with Crippen LogP contribution in [0.4, 0.5) is 0 Å². The Bertz CT molecular complexity index is 304. The molecule has 1 aromatic rings. The largest absolute Gasteiger partial charge is 0.351 e. The zero-order chi connectivity index (χ0) is 10.5. The molecule has 0 aliphatic carbocycles. The molecule has 1 aliphatic heterocycles. The Hall–Kier alpha value is -1.36. The number of hydrogen-bond donors (Lipinski definition) is 2. The van der Waals surface area contributed by atoms with Crippen LogP contribution in [0.15, 0.2) is 16.8 Å². The number of amides is 1. The van der Waals surface area contributed by atoms with Crippen LogP contribution in [0.5, 0.6) is 0 Å². The van der Waals surface area contributed by atoms with Crippen LogP contribution in [0.25, 0.3) is 0 Å². The molecule has 1 aromatic heterocycles. The van der Waals surface area contributed by atoms with Crippen molar-refractivity contribution >= 4 is 5.91 Å². The van der Waals surface area contributed by atoms with Crippen molar-refractivity contribution in [2.24, 2.45) is 5.92 Å². The van der Waals surface area contributed by atoms with Gasteiger partial charge in [-0.15, -0.1) is 0 Å². The number of carbonyl (C=O) groups excluding carboxylic acids is 1. The summed E-state index contributed by atoms with van der Waals surface area (Å²) in [6.45, 7) is 2.87. The van der Waals surface area contributed by atoms with Gasteiger partial charge in [-0.2, -0.15) is 0 Å². The molecule has 0 aromatic carbocycles. The zero-order valence-electron chi connectivity index (χ0n) is 8.53. The summed E-state index contributed by atoms with van der Waals surface area (Å²) in [5.74, 6) is 0.790. The number of aromatic nitrogens is 1. The van der Waals surface area contributed by atoms with E-state index in [1.165, 1.54) is 12.6 Å². The summed E-state index contributed by atoms with van der Waals surface area (Å²) in [4.78, 5) is 11.4. The van der Waals surface area contributed by atoms with Gasteiger partial charge in [-0.25, -0.2) is 0 Å². The Morgan fingerprint density at radius 2 is 2.67 bits per heavy atom. The molecule has 0 saturated carbocycles. The number of rotatable bonds is 4. The molecule has 5 nitrogen and oxygen atoms in total. The molecule has 5 heteroatoms. The van der Waals surface area contributed by atoms with Crippen LogP contribution in [-0.4, -0.2) is 30.7 Å². The number of nitrogens with zero attached hydrogens (tertiary/aromatic N) is 1. The molecule has 2 rings (SSSR count). The van der Waals surface area contributed by atoms with E-state index in [2.05, 4.69) is 15.8 Å². The smallest absolute Gasteiger partial charge is 0.289 e. The number of hydrogen-bond acceptors (Lipinski definition) is 4. The molecule has 1 atom stereocenters. The first-order valence-corrected chi connectivity index (χ1v) is 5.26. The van der Waals surface area contributed by atoms with E-state index in [0.29, 0.717) is 12.5 Å². The Labute approximate surface area is 88.2 Å². The Kier molecular flexibility index (Phi) is 3.34. The van der Waals surface area contributed by atoms with Crippen LogP contribution in [0.1, 0.15) is 23.4 Å². The molecule has 0 spiro atoms. The van der Waals surface area contributed by atoms with Crippen molar-refractivity contribution in [3.05, 3.63) is 18.0 Å². The lowest BCUT2D eigenvalue weighted by Crippen LogP contribution is -2.26. The molecule has 1 unspecified atom stereocenters. The van der Waals surface area contributed by atoms with Crippen LogP contribution < -0.4 is 10.6 Å². The van der Waals surface area contributed by atoms with E-state index < -0.39 is 0 Å². The second kappa shape index (κ2) is 4.93. The van der Waals surface area contributed by atoms with Gasteiger partial charge in [0.15, 0.2) is 0 Å². The lowest BCUT2D eigenvalue weighted by Gasteiger charge is -2.07. The number of nitrogens with one attached hydrogen (secondary N) is 2. The summed E-state index contributed by atoms with van der Waals surface area (Å²) in [6, 6.07) is 1.56. The highest BCUT2D eigenvalue weighted by atomic mass is 16.5. The van der Waals surface area contributed by atoms with Gasteiger partial charge < -0.3 is 15.2 Å². The van der Waals surface area contributed by atoms with E-state index in [0.717, 1.165) is 19.5 Å². The van der Waals surface area contributed by atoms with Crippen molar-refractivity contribution in [3.63, 3.8) is 0 Å². The molecule has 1 amide bonds. The minimum Gasteiger partial charge on any atom is -0.351 e. The minimum absolute atomic E-state index is 0.182. The predicted octanol–water partition coefficient (Wildman–Crippen LogP) is 0.404. The second-order valence-electron chi connectivity index (χ2n) is 3.78. The topological polar surface area (TPSA) is 67.2 Å². The maximum atomic E-state index is 11.4. The molecular weight excluding hydrogens is 194 g/mol. The fraction of sp³-hybridized carbons (Fsp3) is 0.600. The summed E-state index contributed by atoms with van der Waals surface area (Å²) in [6.07, 6.45) is 3.70. The molecule has 82 valence electrons. The van der Waals surface area contributed by atoms with Crippen LogP contribution in [0.3, 0.4) is 0 Å². The summed E-state index contributed by atoms with van der Waals surface area (Å²) >= 11 is 0. The zero-order valence-corrected chi connectivity index (χ0v) is 8.53. The summed E-state index contributed by atoms with van der Waals surface area (Å²) in [5.41, 5.74) is 0. The van der Waals surface area contributed by atoms with Gasteiger partial charge in [-0.1, -0.05) is 5.16 Å². The maximum absolute atomic E-state index is 11.4. The van der Waals surface area contributed by atoms with Crippen molar-refractivity contribution in [2.45, 2.75) is 12.8 Å². The first-order valence-electron chi connectivity index (χ1n) is 5.26. The van der Waals surface area contributed by atoms with Gasteiger partial charge in [0, 0.05) is 12.6 Å². The van der Waals surface area contributed by atoms with Gasteiger partial charge in [0.05, 0.1) is 6.20 Å². The van der Waals surface area contributed by atoms with E-state index in [9.17, 15) is 4.79 Å². The molecule has 2 heterocycles. The second-order valence-corrected chi connectivity index (χ2v) is 3.78. The highest BCUT2D eigenvalue weighted by molar-refractivity contribution is 5.91. The third-order valence-electron chi connectivity index (χ3n) is 2.66. The lowest BCUT2D eigenvalue weighted by atomic mass is 10.1. The van der Waals surface area contributed by atoms with Gasteiger partial charge in [-0.3, -0.25) is 4.79 Å². The molecule has 1 fully saturated rings. The van der Waals surface area contributed by atoms with Crippen molar-refractivity contribution in [3.8, 4) is 0 Å². The van der Waals surface area contributed by atoms with Crippen LogP contribution in [0, 0.1) is 5.92 Å². The fourth-order valence-corrected chi connectivity index (χ4v) is 1.77. The average molecular weight is 209 g/mol. The van der Waals surface area contributed by atoms with Crippen LogP contribution in [-0.2, 0) is 0 Å². The van der Waals surface area contributed by atoms with E-state index in [-0.39, 0.29) is 11.7 Å². The van der Waals surface area contributed by atoms with Gasteiger partial charge in [0.2, 0.25) is 5.76 Å². The van der Waals surface area contributed by atoms with E-state index in [4.69, 9.17) is 4.52 Å². The standard InChI is InChI=1S/C10H15N3O2/c14-10(9-3-6-13-15-9)12-5-2-8-1-4-11-7-8/h3,6,8,11H,1-2,4-5,7H2,(H,12,14). The highest BCUT2D eigenvalue weighted by Gasteiger charge is 2.15. The van der Waals surface area contributed by atoms with E-state index >= 15 is 0 Å². The molecule has 15 heavy (non-hydrogen) atoms. The first-order chi connectivity index (χ1) is 7.36. The highest BCUT2D eigenvalue weighted by Crippen LogP contribution is 2.10. The lowest BCUT2D eigenvalue weighted by molar-refractivity contribution is 0.0915. The van der Waals surface area contributed by atoms with Crippen LogP contribution in [0.2, 0.25) is 0 Å². The number of carbonyl (C=O) groups is 1. The molecule has 2 N–H and O–H groups in total. The molecular formula is C10H15N3O2. The molecule has 0 bridgehead atoms. The van der Waals surface area contributed by atoms with E-state index in [1.54, 1.807) is 6.07 Å². The quantitative estimate of drug-likeness (QED) is 0.753. The van der Waals surface area contributed by atoms with Gasteiger partial charge in [0.1, 0.15) is 0 Å². The first kappa shape index (κ1) is 10.2. The Balaban J connectivity index is 1.67. The molecule has 0 radical (unpaired) electrons. The summed E-state index contributed by atoms with van der Waals surface area (Å²) in [7, 11) is 0. The van der Waals surface area contributed by atoms with Crippen molar-refractivity contribution in [1.29, 1.82) is 0 Å². The average Bonchev–Trinajstić information content (AvgIpc) is 2.90. The summed E-state index contributed by atoms with van der Waals surface area (Å²) < 4.78 is 4.74. The summed E-state index contributed by atoms with van der Waals surface area (Å²) in [5, 5.41) is 9.59. The Morgan fingerprint density at radius 3 is 3.33 bits per heavy atom. The van der Waals surface area contributed by atoms with E-state index in [1.807, 2.05) is 0 Å². The minimum atomic E-state index is -0.182. The van der Waals surface area contributed by atoms with Crippen molar-refractivity contribution in [2.75, 3.05) is 19.6 Å². The Morgan fingerprint density at radius 1 is 1.73 bits per heavy atom. The van der Waals surface area contributed by atoms with Gasteiger partial charge in [0.25, 0.3) is 5.91 Å². The van der Waals surface area contributed by atoms with Gasteiger partial charge in [-0.05, 0) is 31.8 Å². The van der Waals surface area contributed by atoms with Crippen molar-refractivity contribution < 1.29 is 9.32 Å². The maximum Gasteiger partial charge on any atom is 0.289 e. The SMILES string of the molecule is O=C(NCCC1CCNC1)c1ccno1. The fourth-order valence-electron chi connectivity index (χ4n) is 1.77. The van der Waals surface area contributed by atoms with Crippen LogP contribution >= 0.6 is 0 Å².